The maximum absolute atomic E-state index is 13.6. The molecule has 0 spiro atoms. The van der Waals surface area contributed by atoms with Gasteiger partial charge in [-0.2, -0.15) is 0 Å². The molecular formula is C19H20ClFN2O2. The van der Waals surface area contributed by atoms with E-state index in [1.54, 1.807) is 36.1 Å². The molecule has 1 N–H and O–H groups in total. The van der Waals surface area contributed by atoms with Crippen LogP contribution in [0.15, 0.2) is 36.4 Å². The van der Waals surface area contributed by atoms with Gasteiger partial charge in [-0.05, 0) is 56.7 Å². The first kappa shape index (κ1) is 18.9. The molecule has 132 valence electrons. The number of benzene rings is 2. The number of anilines is 1. The van der Waals surface area contributed by atoms with Crippen LogP contribution in [0.25, 0.3) is 0 Å². The molecule has 0 saturated carbocycles. The Morgan fingerprint density at radius 3 is 2.36 bits per heavy atom. The Kier molecular flexibility index (Phi) is 6.15. The van der Waals surface area contributed by atoms with E-state index in [0.29, 0.717) is 29.9 Å². The van der Waals surface area contributed by atoms with Gasteiger partial charge >= 0.3 is 0 Å². The standard InChI is InChI=1S/C19H20ClFN2O2/c1-4-23(5-2)19(25)15-9-8-14(11-16(15)20)22-18(24)13-7-6-12(3)17(21)10-13/h6-11H,4-5H2,1-3H3,(H,22,24). The summed E-state index contributed by atoms with van der Waals surface area (Å²) in [6, 6.07) is 8.97. The molecular weight excluding hydrogens is 343 g/mol. The van der Waals surface area contributed by atoms with Gasteiger partial charge in [-0.25, -0.2) is 4.39 Å². The van der Waals surface area contributed by atoms with E-state index in [1.807, 2.05) is 13.8 Å². The molecule has 6 heteroatoms. The molecule has 2 aromatic carbocycles. The van der Waals surface area contributed by atoms with Crippen molar-refractivity contribution in [1.82, 2.24) is 4.90 Å². The zero-order valence-electron chi connectivity index (χ0n) is 14.4. The first-order valence-corrected chi connectivity index (χ1v) is 8.41. The lowest BCUT2D eigenvalue weighted by atomic mass is 10.1. The van der Waals surface area contributed by atoms with Gasteiger partial charge in [-0.15, -0.1) is 0 Å². The predicted molar refractivity (Wildman–Crippen MR) is 97.8 cm³/mol. The van der Waals surface area contributed by atoms with Crippen LogP contribution in [0.4, 0.5) is 10.1 Å². The Bertz CT molecular complexity index is 804. The maximum atomic E-state index is 13.6. The minimum atomic E-state index is -0.446. The second-order valence-electron chi connectivity index (χ2n) is 5.59. The molecule has 0 aromatic heterocycles. The number of amides is 2. The Balaban J connectivity index is 2.18. The lowest BCUT2D eigenvalue weighted by Gasteiger charge is -2.19. The summed E-state index contributed by atoms with van der Waals surface area (Å²) >= 11 is 6.20. The van der Waals surface area contributed by atoms with Crippen LogP contribution >= 0.6 is 11.6 Å². The van der Waals surface area contributed by atoms with E-state index in [-0.39, 0.29) is 16.5 Å². The fourth-order valence-electron chi connectivity index (χ4n) is 2.38. The molecule has 0 aliphatic heterocycles. The monoisotopic (exact) mass is 362 g/mol. The molecule has 0 aliphatic rings. The summed E-state index contributed by atoms with van der Waals surface area (Å²) in [4.78, 5) is 26.2. The lowest BCUT2D eigenvalue weighted by molar-refractivity contribution is 0.0773. The van der Waals surface area contributed by atoms with Gasteiger partial charge in [-0.3, -0.25) is 9.59 Å². The van der Waals surface area contributed by atoms with E-state index >= 15 is 0 Å². The average molecular weight is 363 g/mol. The number of rotatable bonds is 5. The van der Waals surface area contributed by atoms with Crippen molar-refractivity contribution in [2.24, 2.45) is 0 Å². The molecule has 0 atom stereocenters. The topological polar surface area (TPSA) is 49.4 Å². The minimum absolute atomic E-state index is 0.159. The number of aryl methyl sites for hydroxylation is 1. The van der Waals surface area contributed by atoms with Crippen LogP contribution in [0.3, 0.4) is 0 Å². The van der Waals surface area contributed by atoms with Gasteiger partial charge in [0.2, 0.25) is 0 Å². The van der Waals surface area contributed by atoms with Gasteiger partial charge in [0, 0.05) is 24.3 Å². The highest BCUT2D eigenvalue weighted by Gasteiger charge is 2.17. The van der Waals surface area contributed by atoms with E-state index in [0.717, 1.165) is 0 Å². The summed E-state index contributed by atoms with van der Waals surface area (Å²) in [6.07, 6.45) is 0. The van der Waals surface area contributed by atoms with E-state index in [9.17, 15) is 14.0 Å². The largest absolute Gasteiger partial charge is 0.339 e. The average Bonchev–Trinajstić information content (AvgIpc) is 2.58. The molecule has 2 aromatic rings. The van der Waals surface area contributed by atoms with Crippen LogP contribution in [0.2, 0.25) is 5.02 Å². The maximum Gasteiger partial charge on any atom is 0.255 e. The number of nitrogens with zero attached hydrogens (tertiary/aromatic N) is 1. The second-order valence-corrected chi connectivity index (χ2v) is 6.00. The third-order valence-electron chi connectivity index (χ3n) is 3.94. The van der Waals surface area contributed by atoms with E-state index in [1.165, 1.54) is 12.1 Å². The molecule has 0 saturated heterocycles. The molecule has 0 unspecified atom stereocenters. The van der Waals surface area contributed by atoms with Crippen LogP contribution in [-0.4, -0.2) is 29.8 Å². The Hall–Kier alpha value is -2.40. The fraction of sp³-hybridized carbons (Fsp3) is 0.263. The highest BCUT2D eigenvalue weighted by molar-refractivity contribution is 6.34. The van der Waals surface area contributed by atoms with Crippen molar-refractivity contribution in [3.05, 3.63) is 63.9 Å². The van der Waals surface area contributed by atoms with Gasteiger partial charge in [0.05, 0.1) is 10.6 Å². The van der Waals surface area contributed by atoms with Crippen molar-refractivity contribution in [3.63, 3.8) is 0 Å². The number of carbonyl (C=O) groups is 2. The molecule has 0 heterocycles. The summed E-state index contributed by atoms with van der Waals surface area (Å²) in [5.74, 6) is -1.04. The summed E-state index contributed by atoms with van der Waals surface area (Å²) < 4.78 is 13.6. The van der Waals surface area contributed by atoms with Crippen LogP contribution in [0.5, 0.6) is 0 Å². The van der Waals surface area contributed by atoms with Crippen molar-refractivity contribution in [1.29, 1.82) is 0 Å². The third-order valence-corrected chi connectivity index (χ3v) is 4.25. The Labute approximate surface area is 151 Å². The molecule has 2 rings (SSSR count). The first-order chi connectivity index (χ1) is 11.9. The number of nitrogens with one attached hydrogen (secondary N) is 1. The SMILES string of the molecule is CCN(CC)C(=O)c1ccc(NC(=O)c2ccc(C)c(F)c2)cc1Cl. The zero-order valence-corrected chi connectivity index (χ0v) is 15.2. The van der Waals surface area contributed by atoms with Crippen molar-refractivity contribution < 1.29 is 14.0 Å². The third kappa shape index (κ3) is 4.37. The quantitative estimate of drug-likeness (QED) is 0.850. The molecule has 4 nitrogen and oxygen atoms in total. The summed E-state index contributed by atoms with van der Waals surface area (Å²) in [7, 11) is 0. The van der Waals surface area contributed by atoms with Crippen LogP contribution in [-0.2, 0) is 0 Å². The summed E-state index contributed by atoms with van der Waals surface area (Å²) in [6.45, 7) is 6.59. The van der Waals surface area contributed by atoms with E-state index in [2.05, 4.69) is 5.32 Å². The second kappa shape index (κ2) is 8.12. The van der Waals surface area contributed by atoms with Crippen LogP contribution in [0, 0.1) is 12.7 Å². The zero-order chi connectivity index (χ0) is 18.6. The van der Waals surface area contributed by atoms with Gasteiger partial charge in [0.1, 0.15) is 5.82 Å². The van der Waals surface area contributed by atoms with Gasteiger partial charge in [0.25, 0.3) is 11.8 Å². The van der Waals surface area contributed by atoms with Crippen LogP contribution in [0.1, 0.15) is 40.1 Å². The molecule has 0 fully saturated rings. The summed E-state index contributed by atoms with van der Waals surface area (Å²) in [5.41, 5.74) is 1.50. The Morgan fingerprint density at radius 2 is 1.80 bits per heavy atom. The minimum Gasteiger partial charge on any atom is -0.339 e. The van der Waals surface area contributed by atoms with E-state index < -0.39 is 11.7 Å². The van der Waals surface area contributed by atoms with E-state index in [4.69, 9.17) is 11.6 Å². The van der Waals surface area contributed by atoms with Crippen molar-refractivity contribution in [2.45, 2.75) is 20.8 Å². The Morgan fingerprint density at radius 1 is 1.12 bits per heavy atom. The molecule has 0 bridgehead atoms. The molecule has 0 radical (unpaired) electrons. The van der Waals surface area contributed by atoms with Crippen molar-refractivity contribution in [2.75, 3.05) is 18.4 Å². The molecule has 25 heavy (non-hydrogen) atoms. The number of hydrogen-bond donors (Lipinski definition) is 1. The summed E-state index contributed by atoms with van der Waals surface area (Å²) in [5, 5.41) is 2.91. The normalized spacial score (nSPS) is 10.4. The van der Waals surface area contributed by atoms with Crippen LogP contribution < -0.4 is 5.32 Å². The molecule has 0 aliphatic carbocycles. The highest BCUT2D eigenvalue weighted by Crippen LogP contribution is 2.23. The highest BCUT2D eigenvalue weighted by atomic mass is 35.5. The van der Waals surface area contributed by atoms with Gasteiger partial charge in [-0.1, -0.05) is 17.7 Å². The van der Waals surface area contributed by atoms with Crippen molar-refractivity contribution in [3.8, 4) is 0 Å². The predicted octanol–water partition coefficient (Wildman–Crippen LogP) is 4.52. The number of halogens is 2. The number of carbonyl (C=O) groups excluding carboxylic acids is 2. The van der Waals surface area contributed by atoms with Gasteiger partial charge < -0.3 is 10.2 Å². The smallest absolute Gasteiger partial charge is 0.255 e. The number of hydrogen-bond acceptors (Lipinski definition) is 2. The van der Waals surface area contributed by atoms with Gasteiger partial charge in [0.15, 0.2) is 0 Å². The van der Waals surface area contributed by atoms with Crippen molar-refractivity contribution >= 4 is 29.1 Å². The molecule has 2 amide bonds. The first-order valence-electron chi connectivity index (χ1n) is 8.03. The lowest BCUT2D eigenvalue weighted by Crippen LogP contribution is -2.30. The fourth-order valence-corrected chi connectivity index (χ4v) is 2.65.